The van der Waals surface area contributed by atoms with Gasteiger partial charge in [-0.25, -0.2) is 0 Å². The number of carbonyl (C=O) groups excluding carboxylic acids is 1. The number of piperidine rings is 1. The van der Waals surface area contributed by atoms with E-state index in [0.29, 0.717) is 11.8 Å². The van der Waals surface area contributed by atoms with E-state index in [4.69, 9.17) is 4.74 Å². The van der Waals surface area contributed by atoms with Crippen LogP contribution in [0.4, 0.5) is 0 Å². The summed E-state index contributed by atoms with van der Waals surface area (Å²) in [6, 6.07) is 8.85. The zero-order valence-electron chi connectivity index (χ0n) is 16.2. The van der Waals surface area contributed by atoms with Gasteiger partial charge in [0.1, 0.15) is 0 Å². The van der Waals surface area contributed by atoms with E-state index in [1.807, 2.05) is 0 Å². The molecule has 2 aliphatic heterocycles. The van der Waals surface area contributed by atoms with Crippen LogP contribution in [0.25, 0.3) is 0 Å². The number of nitrogens with zero attached hydrogens (tertiary/aromatic N) is 2. The standard InChI is InChI=1S/C22H32N2O2/c1-17-3-5-19(6-4-17)15-23-11-12-26-22(16-23)7-9-24(10-8-22)21(25)20-13-18(2)14-20/h3-6,18,20H,7-16H2,1-2H3. The molecule has 1 spiro atoms. The largest absolute Gasteiger partial charge is 0.372 e. The number of hydrogen-bond donors (Lipinski definition) is 0. The van der Waals surface area contributed by atoms with Gasteiger partial charge >= 0.3 is 0 Å². The fraction of sp³-hybridized carbons (Fsp3) is 0.682. The first-order valence-electron chi connectivity index (χ1n) is 10.2. The highest BCUT2D eigenvalue weighted by Crippen LogP contribution is 2.37. The van der Waals surface area contributed by atoms with Crippen molar-refractivity contribution in [3.63, 3.8) is 0 Å². The summed E-state index contributed by atoms with van der Waals surface area (Å²) in [4.78, 5) is 17.2. The summed E-state index contributed by atoms with van der Waals surface area (Å²) < 4.78 is 6.26. The Balaban J connectivity index is 1.31. The van der Waals surface area contributed by atoms with Gasteiger partial charge in [0.2, 0.25) is 5.91 Å². The minimum atomic E-state index is -0.0490. The Kier molecular flexibility index (Phi) is 5.07. The summed E-state index contributed by atoms with van der Waals surface area (Å²) in [5, 5.41) is 0. The lowest BCUT2D eigenvalue weighted by atomic mass is 9.75. The normalized spacial score (nSPS) is 28.8. The van der Waals surface area contributed by atoms with E-state index >= 15 is 0 Å². The van der Waals surface area contributed by atoms with Gasteiger partial charge in [-0.15, -0.1) is 0 Å². The van der Waals surface area contributed by atoms with E-state index in [9.17, 15) is 4.79 Å². The number of morpholine rings is 1. The van der Waals surface area contributed by atoms with Gasteiger partial charge in [-0.3, -0.25) is 9.69 Å². The third kappa shape index (κ3) is 3.81. The van der Waals surface area contributed by atoms with E-state index in [1.165, 1.54) is 11.1 Å². The first-order valence-corrected chi connectivity index (χ1v) is 10.2. The van der Waals surface area contributed by atoms with Crippen molar-refractivity contribution in [2.75, 3.05) is 32.8 Å². The molecule has 142 valence electrons. The third-order valence-corrected chi connectivity index (χ3v) is 6.56. The molecule has 0 bridgehead atoms. The second-order valence-corrected chi connectivity index (χ2v) is 8.83. The Labute approximate surface area is 157 Å². The Hall–Kier alpha value is -1.39. The molecule has 4 nitrogen and oxygen atoms in total. The van der Waals surface area contributed by atoms with E-state index in [0.717, 1.165) is 70.9 Å². The molecular formula is C22H32N2O2. The Morgan fingerprint density at radius 2 is 1.85 bits per heavy atom. The van der Waals surface area contributed by atoms with Gasteiger partial charge in [-0.2, -0.15) is 0 Å². The minimum Gasteiger partial charge on any atom is -0.372 e. The molecule has 2 heterocycles. The monoisotopic (exact) mass is 356 g/mol. The fourth-order valence-corrected chi connectivity index (χ4v) is 4.81. The lowest BCUT2D eigenvalue weighted by Crippen LogP contribution is -2.58. The van der Waals surface area contributed by atoms with E-state index < -0.39 is 0 Å². The molecule has 2 saturated heterocycles. The number of carbonyl (C=O) groups is 1. The zero-order valence-corrected chi connectivity index (χ0v) is 16.2. The van der Waals surface area contributed by atoms with Gasteiger partial charge in [0.25, 0.3) is 0 Å². The lowest BCUT2D eigenvalue weighted by molar-refractivity contribution is -0.156. The van der Waals surface area contributed by atoms with Crippen molar-refractivity contribution in [2.24, 2.45) is 11.8 Å². The summed E-state index contributed by atoms with van der Waals surface area (Å²) in [7, 11) is 0. The second kappa shape index (κ2) is 7.32. The van der Waals surface area contributed by atoms with Crippen molar-refractivity contribution in [1.82, 2.24) is 9.80 Å². The molecule has 1 aromatic rings. The number of rotatable bonds is 3. The molecule has 0 unspecified atom stereocenters. The van der Waals surface area contributed by atoms with E-state index in [1.54, 1.807) is 0 Å². The maximum atomic E-state index is 12.6. The Bertz CT molecular complexity index is 628. The molecule has 26 heavy (non-hydrogen) atoms. The van der Waals surface area contributed by atoms with Crippen LogP contribution in [0.3, 0.4) is 0 Å². The Morgan fingerprint density at radius 3 is 2.50 bits per heavy atom. The van der Waals surface area contributed by atoms with Crippen LogP contribution in [0.5, 0.6) is 0 Å². The SMILES string of the molecule is Cc1ccc(CN2CCOC3(CCN(C(=O)C4CC(C)C4)CC3)C2)cc1. The smallest absolute Gasteiger partial charge is 0.225 e. The van der Waals surface area contributed by atoms with Gasteiger partial charge in [-0.1, -0.05) is 36.8 Å². The van der Waals surface area contributed by atoms with Crippen LogP contribution in [-0.2, 0) is 16.1 Å². The maximum Gasteiger partial charge on any atom is 0.225 e. The molecule has 1 saturated carbocycles. The zero-order chi connectivity index (χ0) is 18.1. The van der Waals surface area contributed by atoms with Crippen LogP contribution >= 0.6 is 0 Å². The molecule has 0 radical (unpaired) electrons. The highest BCUT2D eigenvalue weighted by molar-refractivity contribution is 5.79. The summed E-state index contributed by atoms with van der Waals surface area (Å²) >= 11 is 0. The molecule has 3 fully saturated rings. The molecule has 1 aromatic carbocycles. The third-order valence-electron chi connectivity index (χ3n) is 6.56. The van der Waals surface area contributed by atoms with Crippen LogP contribution in [0.1, 0.15) is 43.7 Å². The highest BCUT2D eigenvalue weighted by atomic mass is 16.5. The van der Waals surface area contributed by atoms with Gasteiger partial charge in [0.15, 0.2) is 0 Å². The molecule has 1 amide bonds. The first-order chi connectivity index (χ1) is 12.5. The number of hydrogen-bond acceptors (Lipinski definition) is 3. The van der Waals surface area contributed by atoms with Gasteiger partial charge in [0.05, 0.1) is 12.2 Å². The van der Waals surface area contributed by atoms with Crippen molar-refractivity contribution in [3.8, 4) is 0 Å². The van der Waals surface area contributed by atoms with Crippen molar-refractivity contribution < 1.29 is 9.53 Å². The van der Waals surface area contributed by atoms with Crippen LogP contribution in [0.2, 0.25) is 0 Å². The summed E-state index contributed by atoms with van der Waals surface area (Å²) in [6.07, 6.45) is 4.12. The molecule has 1 aliphatic carbocycles. The summed E-state index contributed by atoms with van der Waals surface area (Å²) in [5.74, 6) is 1.42. The first kappa shape index (κ1) is 18.0. The lowest BCUT2D eigenvalue weighted by Gasteiger charge is -2.48. The molecule has 4 rings (SSSR count). The number of ether oxygens (including phenoxy) is 1. The minimum absolute atomic E-state index is 0.0490. The average molecular weight is 357 g/mol. The molecule has 0 N–H and O–H groups in total. The highest BCUT2D eigenvalue weighted by Gasteiger charge is 2.42. The maximum absolute atomic E-state index is 12.6. The second-order valence-electron chi connectivity index (χ2n) is 8.83. The van der Waals surface area contributed by atoms with Gasteiger partial charge < -0.3 is 9.64 Å². The van der Waals surface area contributed by atoms with Crippen LogP contribution < -0.4 is 0 Å². The molecular weight excluding hydrogens is 324 g/mol. The van der Waals surface area contributed by atoms with Crippen LogP contribution in [0, 0.1) is 18.8 Å². The number of amides is 1. The number of aryl methyl sites for hydroxylation is 1. The molecule has 0 atom stereocenters. The summed E-state index contributed by atoms with van der Waals surface area (Å²) in [6.45, 7) is 9.89. The van der Waals surface area contributed by atoms with Gasteiger partial charge in [-0.05, 0) is 44.1 Å². The predicted molar refractivity (Wildman–Crippen MR) is 103 cm³/mol. The van der Waals surface area contributed by atoms with Crippen LogP contribution in [0.15, 0.2) is 24.3 Å². The number of likely N-dealkylation sites (tertiary alicyclic amines) is 1. The predicted octanol–water partition coefficient (Wildman–Crippen LogP) is 3.23. The molecule has 4 heteroatoms. The average Bonchev–Trinajstić information content (AvgIpc) is 2.61. The van der Waals surface area contributed by atoms with Crippen molar-refractivity contribution in [1.29, 1.82) is 0 Å². The van der Waals surface area contributed by atoms with Crippen LogP contribution in [-0.4, -0.2) is 54.1 Å². The number of benzene rings is 1. The fourth-order valence-electron chi connectivity index (χ4n) is 4.81. The quantitative estimate of drug-likeness (QED) is 0.834. The Morgan fingerprint density at radius 1 is 1.15 bits per heavy atom. The van der Waals surface area contributed by atoms with Gasteiger partial charge in [0, 0.05) is 38.6 Å². The topological polar surface area (TPSA) is 32.8 Å². The van der Waals surface area contributed by atoms with Crippen molar-refractivity contribution in [2.45, 2.75) is 51.7 Å². The van der Waals surface area contributed by atoms with E-state index in [-0.39, 0.29) is 5.60 Å². The van der Waals surface area contributed by atoms with E-state index in [2.05, 4.69) is 47.9 Å². The molecule has 3 aliphatic rings. The van der Waals surface area contributed by atoms with Crippen molar-refractivity contribution >= 4 is 5.91 Å². The summed E-state index contributed by atoms with van der Waals surface area (Å²) in [5.41, 5.74) is 2.64. The van der Waals surface area contributed by atoms with Crippen molar-refractivity contribution in [3.05, 3.63) is 35.4 Å². The molecule has 0 aromatic heterocycles.